The first-order chi connectivity index (χ1) is 10.9. The lowest BCUT2D eigenvalue weighted by Crippen LogP contribution is -2.42. The van der Waals surface area contributed by atoms with Crippen molar-refractivity contribution in [3.8, 4) is 11.1 Å². The number of hydrogen-bond donors (Lipinski definition) is 1. The number of nitrogens with zero attached hydrogens (tertiary/aromatic N) is 1. The molecule has 1 aliphatic heterocycles. The molecule has 0 fully saturated rings. The van der Waals surface area contributed by atoms with Crippen LogP contribution in [-0.2, 0) is 14.8 Å². The van der Waals surface area contributed by atoms with Gasteiger partial charge in [-0.25, -0.2) is 8.42 Å². The van der Waals surface area contributed by atoms with Crippen molar-refractivity contribution < 1.29 is 13.2 Å². The Kier molecular flexibility index (Phi) is 4.04. The maximum absolute atomic E-state index is 12.9. The Morgan fingerprint density at radius 1 is 1.17 bits per heavy atom. The number of benzene rings is 2. The van der Waals surface area contributed by atoms with E-state index in [4.69, 9.17) is 11.6 Å². The van der Waals surface area contributed by atoms with Gasteiger partial charge in [0.1, 0.15) is 6.54 Å². The number of fused-ring (bicyclic) bond motifs is 3. The van der Waals surface area contributed by atoms with Crippen molar-refractivity contribution in [1.82, 2.24) is 5.32 Å². The first-order valence-corrected chi connectivity index (χ1v) is 8.95. The summed E-state index contributed by atoms with van der Waals surface area (Å²) in [6, 6.07) is 11.7. The summed E-state index contributed by atoms with van der Waals surface area (Å²) >= 11 is 6.07. The number of anilines is 1. The van der Waals surface area contributed by atoms with Crippen LogP contribution in [0.2, 0.25) is 5.02 Å². The Morgan fingerprint density at radius 3 is 2.65 bits per heavy atom. The van der Waals surface area contributed by atoms with Crippen LogP contribution in [0.1, 0.15) is 6.92 Å². The summed E-state index contributed by atoms with van der Waals surface area (Å²) in [5, 5.41) is 3.14. The maximum atomic E-state index is 12.9. The minimum atomic E-state index is -3.79. The van der Waals surface area contributed by atoms with Gasteiger partial charge >= 0.3 is 0 Å². The third kappa shape index (κ3) is 2.68. The van der Waals surface area contributed by atoms with Gasteiger partial charge in [0.15, 0.2) is 0 Å². The van der Waals surface area contributed by atoms with Crippen molar-refractivity contribution in [2.45, 2.75) is 11.8 Å². The minimum Gasteiger partial charge on any atom is -0.355 e. The van der Waals surface area contributed by atoms with E-state index in [1.807, 2.05) is 0 Å². The molecule has 0 unspecified atom stereocenters. The fraction of sp³-hybridized carbons (Fsp3) is 0.188. The number of nitrogens with one attached hydrogen (secondary N) is 1. The van der Waals surface area contributed by atoms with Gasteiger partial charge in [-0.05, 0) is 31.2 Å². The highest BCUT2D eigenvalue weighted by Crippen LogP contribution is 2.43. The van der Waals surface area contributed by atoms with E-state index >= 15 is 0 Å². The monoisotopic (exact) mass is 350 g/mol. The molecular formula is C16H15ClN2O3S. The third-order valence-electron chi connectivity index (χ3n) is 3.63. The predicted octanol–water partition coefficient (Wildman–Crippen LogP) is 2.65. The van der Waals surface area contributed by atoms with Crippen molar-refractivity contribution in [2.24, 2.45) is 0 Å². The average molecular weight is 351 g/mol. The number of hydrogen-bond acceptors (Lipinski definition) is 3. The normalized spacial score (nSPS) is 14.8. The van der Waals surface area contributed by atoms with E-state index in [-0.39, 0.29) is 17.3 Å². The van der Waals surface area contributed by atoms with Gasteiger partial charge in [0.2, 0.25) is 5.91 Å². The lowest BCUT2D eigenvalue weighted by Gasteiger charge is -2.31. The van der Waals surface area contributed by atoms with Crippen LogP contribution in [-0.4, -0.2) is 27.4 Å². The quantitative estimate of drug-likeness (QED) is 0.925. The van der Waals surface area contributed by atoms with Crippen LogP contribution in [0.3, 0.4) is 0 Å². The average Bonchev–Trinajstić information content (AvgIpc) is 2.52. The molecule has 1 heterocycles. The first-order valence-electron chi connectivity index (χ1n) is 7.13. The summed E-state index contributed by atoms with van der Waals surface area (Å²) in [5.74, 6) is -0.351. The van der Waals surface area contributed by atoms with Gasteiger partial charge in [-0.2, -0.15) is 0 Å². The third-order valence-corrected chi connectivity index (χ3v) is 5.69. The standard InChI is InChI=1S/C16H15ClN2O3S/c1-2-18-16(20)10-19-14-8-7-11(17)9-13(14)12-5-3-4-6-15(12)23(19,21)22/h3-9H,2,10H2,1H3,(H,18,20). The van der Waals surface area contributed by atoms with Gasteiger partial charge in [0.25, 0.3) is 10.0 Å². The SMILES string of the molecule is CCNC(=O)CN1c2ccc(Cl)cc2-c2ccccc2S1(=O)=O. The van der Waals surface area contributed by atoms with Crippen LogP contribution < -0.4 is 9.62 Å². The largest absolute Gasteiger partial charge is 0.355 e. The molecule has 1 amide bonds. The number of rotatable bonds is 3. The molecule has 0 radical (unpaired) electrons. The summed E-state index contributed by atoms with van der Waals surface area (Å²) in [7, 11) is -3.79. The van der Waals surface area contributed by atoms with Gasteiger partial charge in [-0.15, -0.1) is 0 Å². The molecule has 2 aromatic rings. The van der Waals surface area contributed by atoms with E-state index in [0.29, 0.717) is 28.4 Å². The summed E-state index contributed by atoms with van der Waals surface area (Å²) < 4.78 is 26.9. The molecule has 1 aliphatic rings. The summed E-state index contributed by atoms with van der Waals surface area (Å²) in [5.41, 5.74) is 1.75. The van der Waals surface area contributed by atoms with E-state index in [0.717, 1.165) is 4.31 Å². The molecule has 0 aromatic heterocycles. The molecule has 0 saturated heterocycles. The molecule has 3 rings (SSSR count). The van der Waals surface area contributed by atoms with Crippen molar-refractivity contribution in [3.63, 3.8) is 0 Å². The van der Waals surface area contributed by atoms with Gasteiger partial charge < -0.3 is 5.32 Å². The summed E-state index contributed by atoms with van der Waals surface area (Å²) in [6.07, 6.45) is 0. The van der Waals surface area contributed by atoms with Gasteiger partial charge in [0.05, 0.1) is 10.6 Å². The molecule has 5 nitrogen and oxygen atoms in total. The second kappa shape index (κ2) is 5.86. The molecule has 1 N–H and O–H groups in total. The van der Waals surface area contributed by atoms with Crippen LogP contribution in [0, 0.1) is 0 Å². The Hall–Kier alpha value is -2.05. The fourth-order valence-electron chi connectivity index (χ4n) is 2.66. The molecule has 0 spiro atoms. The Morgan fingerprint density at radius 2 is 1.91 bits per heavy atom. The topological polar surface area (TPSA) is 66.5 Å². The number of sulfonamides is 1. The highest BCUT2D eigenvalue weighted by molar-refractivity contribution is 7.93. The molecule has 0 bridgehead atoms. The molecule has 120 valence electrons. The van der Waals surface area contributed by atoms with Crippen LogP contribution in [0.4, 0.5) is 5.69 Å². The van der Waals surface area contributed by atoms with E-state index in [9.17, 15) is 13.2 Å². The van der Waals surface area contributed by atoms with Crippen molar-refractivity contribution in [1.29, 1.82) is 0 Å². The van der Waals surface area contributed by atoms with E-state index in [1.54, 1.807) is 49.4 Å². The van der Waals surface area contributed by atoms with E-state index in [2.05, 4.69) is 5.32 Å². The van der Waals surface area contributed by atoms with Crippen LogP contribution >= 0.6 is 11.6 Å². The van der Waals surface area contributed by atoms with Crippen LogP contribution in [0.25, 0.3) is 11.1 Å². The van der Waals surface area contributed by atoms with E-state index in [1.165, 1.54) is 0 Å². The van der Waals surface area contributed by atoms with E-state index < -0.39 is 10.0 Å². The number of amides is 1. The van der Waals surface area contributed by atoms with Crippen LogP contribution in [0.15, 0.2) is 47.4 Å². The lowest BCUT2D eigenvalue weighted by atomic mass is 10.0. The first kappa shape index (κ1) is 15.8. The van der Waals surface area contributed by atoms with Gasteiger partial charge in [-0.1, -0.05) is 29.8 Å². The Balaban J connectivity index is 2.21. The van der Waals surface area contributed by atoms with Crippen molar-refractivity contribution >= 4 is 33.2 Å². The Labute approximate surface area is 139 Å². The van der Waals surface area contributed by atoms with Crippen molar-refractivity contribution in [3.05, 3.63) is 47.5 Å². The maximum Gasteiger partial charge on any atom is 0.265 e. The molecule has 23 heavy (non-hydrogen) atoms. The molecule has 0 saturated carbocycles. The number of carbonyl (C=O) groups is 1. The summed E-state index contributed by atoms with van der Waals surface area (Å²) in [6.45, 7) is 1.96. The number of halogens is 1. The highest BCUT2D eigenvalue weighted by Gasteiger charge is 2.35. The minimum absolute atomic E-state index is 0.180. The van der Waals surface area contributed by atoms with Gasteiger partial charge in [-0.3, -0.25) is 9.10 Å². The zero-order valence-corrected chi connectivity index (χ0v) is 14.0. The second-order valence-corrected chi connectivity index (χ2v) is 7.39. The molecule has 0 aliphatic carbocycles. The highest BCUT2D eigenvalue weighted by atomic mass is 35.5. The number of carbonyl (C=O) groups excluding carboxylic acids is 1. The fourth-order valence-corrected chi connectivity index (χ4v) is 4.48. The molecular weight excluding hydrogens is 336 g/mol. The van der Waals surface area contributed by atoms with Gasteiger partial charge in [0, 0.05) is 22.7 Å². The molecule has 0 atom stereocenters. The van der Waals surface area contributed by atoms with Crippen LogP contribution in [0.5, 0.6) is 0 Å². The summed E-state index contributed by atoms with van der Waals surface area (Å²) in [4.78, 5) is 12.1. The molecule has 2 aromatic carbocycles. The Bertz CT molecular complexity index is 881. The lowest BCUT2D eigenvalue weighted by molar-refractivity contribution is -0.119. The number of likely N-dealkylation sites (N-methyl/N-ethyl adjacent to an activating group) is 1. The zero-order valence-electron chi connectivity index (χ0n) is 12.4. The predicted molar refractivity (Wildman–Crippen MR) is 90.1 cm³/mol. The van der Waals surface area contributed by atoms with Crippen molar-refractivity contribution in [2.75, 3.05) is 17.4 Å². The second-order valence-electron chi connectivity index (χ2n) is 5.12. The molecule has 7 heteroatoms. The zero-order chi connectivity index (χ0) is 16.6. The smallest absolute Gasteiger partial charge is 0.265 e.